The molecule has 0 radical (unpaired) electrons. The van der Waals surface area contributed by atoms with Gasteiger partial charge in [0, 0.05) is 6.54 Å². The van der Waals surface area contributed by atoms with Gasteiger partial charge in [0.1, 0.15) is 0 Å². The summed E-state index contributed by atoms with van der Waals surface area (Å²) in [7, 11) is 0. The van der Waals surface area contributed by atoms with Crippen molar-refractivity contribution >= 4 is 29.2 Å². The van der Waals surface area contributed by atoms with Gasteiger partial charge in [-0.2, -0.15) is 0 Å². The Morgan fingerprint density at radius 2 is 1.92 bits per heavy atom. The molecule has 1 rings (SSSR count). The van der Waals surface area contributed by atoms with Crippen LogP contribution in [0.15, 0.2) is 30.3 Å². The minimum Gasteiger partial charge on any atom is -0.412 e. The first-order valence-corrected chi connectivity index (χ1v) is 4.09. The Balaban J connectivity index is 0.00000121. The van der Waals surface area contributed by atoms with Crippen molar-refractivity contribution in [2.24, 2.45) is 0 Å². The Labute approximate surface area is 83.4 Å². The van der Waals surface area contributed by atoms with Gasteiger partial charge in [-0.25, -0.2) is 0 Å². The zero-order chi connectivity index (χ0) is 8.10. The standard InChI is InChI=1S/C8H9NS2.H3N/c10-8(11)9-6-7-4-2-1-3-5-7;/h1-5H,6H2,(H2,9,10,11);1H3. The van der Waals surface area contributed by atoms with E-state index in [4.69, 9.17) is 24.8 Å². The van der Waals surface area contributed by atoms with Gasteiger partial charge in [0.2, 0.25) is 0 Å². The predicted molar refractivity (Wildman–Crippen MR) is 59.2 cm³/mol. The summed E-state index contributed by atoms with van der Waals surface area (Å²) in [6.45, 7) is 0.725. The first kappa shape index (κ1) is 11.3. The number of hydrogen-bond acceptors (Lipinski definition) is 2. The molecular weight excluding hydrogens is 188 g/mol. The summed E-state index contributed by atoms with van der Waals surface area (Å²) in [6, 6.07) is 10.0. The molecule has 0 aromatic heterocycles. The fourth-order valence-electron chi connectivity index (χ4n) is 0.770. The molecule has 0 aliphatic carbocycles. The monoisotopic (exact) mass is 200 g/mol. The highest BCUT2D eigenvalue weighted by Crippen LogP contribution is 1.96. The Morgan fingerprint density at radius 1 is 1.33 bits per heavy atom. The highest BCUT2D eigenvalue weighted by Gasteiger charge is 1.85. The van der Waals surface area contributed by atoms with E-state index in [1.165, 1.54) is 5.56 Å². The topological polar surface area (TPSA) is 48.5 Å². The number of thiocarbonyl (C=S) groups is 1. The van der Waals surface area contributed by atoms with Crippen molar-refractivity contribution in [3.05, 3.63) is 35.9 Å². The van der Waals surface area contributed by atoms with Crippen molar-refractivity contribution in [1.29, 1.82) is 0 Å². The van der Waals surface area contributed by atoms with Crippen LogP contribution in [0.5, 0.6) is 0 Å². The van der Waals surface area contributed by atoms with Crippen LogP contribution in [0.3, 0.4) is 0 Å². The van der Waals surface area contributed by atoms with E-state index < -0.39 is 0 Å². The van der Waals surface area contributed by atoms with Crippen molar-refractivity contribution in [3.8, 4) is 0 Å². The van der Waals surface area contributed by atoms with Crippen LogP contribution in [-0.2, 0) is 19.2 Å². The van der Waals surface area contributed by atoms with E-state index in [-0.39, 0.29) is 6.15 Å². The van der Waals surface area contributed by atoms with E-state index in [1.54, 1.807) is 0 Å². The molecule has 0 spiro atoms. The molecule has 0 saturated heterocycles. The molecule has 66 valence electrons. The quantitative estimate of drug-likeness (QED) is 0.567. The second-order valence-electron chi connectivity index (χ2n) is 2.13. The van der Waals surface area contributed by atoms with Gasteiger partial charge in [-0.15, -0.1) is 0 Å². The number of nitrogens with one attached hydrogen (secondary N) is 1. The second-order valence-corrected chi connectivity index (χ2v) is 3.20. The third kappa shape index (κ3) is 4.23. The molecule has 1 aromatic carbocycles. The highest BCUT2D eigenvalue weighted by molar-refractivity contribution is 8.00. The summed E-state index contributed by atoms with van der Waals surface area (Å²) in [5.74, 6) is 0. The van der Waals surface area contributed by atoms with E-state index in [0.29, 0.717) is 4.32 Å². The Kier molecular flexibility index (Phi) is 5.53. The highest BCUT2D eigenvalue weighted by atomic mass is 32.1. The summed E-state index contributed by atoms with van der Waals surface area (Å²) in [5, 5.41) is 2.91. The predicted octanol–water partition coefficient (Wildman–Crippen LogP) is 1.98. The molecule has 0 heterocycles. The Hall–Kier alpha value is -0.710. The van der Waals surface area contributed by atoms with Gasteiger partial charge >= 0.3 is 0 Å². The lowest BCUT2D eigenvalue weighted by atomic mass is 10.2. The SMILES string of the molecule is S=C([S-])NCc1ccccc1.[NH4+]. The molecular formula is C8H12N2S2. The fourth-order valence-corrected chi connectivity index (χ4v) is 0.914. The van der Waals surface area contributed by atoms with Gasteiger partial charge in [-0.1, -0.05) is 34.7 Å². The van der Waals surface area contributed by atoms with Gasteiger partial charge in [0.25, 0.3) is 0 Å². The molecule has 2 nitrogen and oxygen atoms in total. The number of benzene rings is 1. The van der Waals surface area contributed by atoms with E-state index >= 15 is 0 Å². The van der Waals surface area contributed by atoms with Crippen molar-refractivity contribution in [3.63, 3.8) is 0 Å². The van der Waals surface area contributed by atoms with Crippen molar-refractivity contribution in [2.75, 3.05) is 0 Å². The molecule has 0 amide bonds. The number of hydrogen-bond donors (Lipinski definition) is 2. The lowest BCUT2D eigenvalue weighted by molar-refractivity contribution is 0.940. The van der Waals surface area contributed by atoms with Crippen molar-refractivity contribution < 1.29 is 0 Å². The average molecular weight is 200 g/mol. The van der Waals surface area contributed by atoms with E-state index in [1.807, 2.05) is 30.3 Å². The lowest BCUT2D eigenvalue weighted by Crippen LogP contribution is -2.17. The first-order chi connectivity index (χ1) is 5.29. The van der Waals surface area contributed by atoms with Gasteiger partial charge < -0.3 is 36.3 Å². The molecule has 0 aliphatic rings. The maximum Gasteiger partial charge on any atom is 0.0385 e. The third-order valence-electron chi connectivity index (χ3n) is 1.28. The lowest BCUT2D eigenvalue weighted by Gasteiger charge is -2.08. The third-order valence-corrected chi connectivity index (χ3v) is 1.57. The van der Waals surface area contributed by atoms with Crippen LogP contribution in [0.25, 0.3) is 0 Å². The van der Waals surface area contributed by atoms with Gasteiger partial charge in [0.05, 0.1) is 0 Å². The van der Waals surface area contributed by atoms with Crippen LogP contribution in [0.2, 0.25) is 0 Å². The van der Waals surface area contributed by atoms with Gasteiger partial charge in [-0.3, -0.25) is 0 Å². The molecule has 4 heteroatoms. The molecule has 0 fully saturated rings. The molecule has 0 aliphatic heterocycles. The van der Waals surface area contributed by atoms with Crippen LogP contribution in [-0.4, -0.2) is 4.32 Å². The molecule has 0 saturated carbocycles. The molecule has 0 unspecified atom stereocenters. The first-order valence-electron chi connectivity index (χ1n) is 3.28. The van der Waals surface area contributed by atoms with Gasteiger partial charge in [-0.05, 0) is 5.56 Å². The maximum atomic E-state index is 4.70. The number of rotatable bonds is 2. The largest absolute Gasteiger partial charge is 0.412 e. The molecule has 5 N–H and O–H groups in total. The van der Waals surface area contributed by atoms with Crippen molar-refractivity contribution in [2.45, 2.75) is 6.54 Å². The minimum absolute atomic E-state index is 0. The van der Waals surface area contributed by atoms with Crippen LogP contribution < -0.4 is 11.5 Å². The Morgan fingerprint density at radius 3 is 2.42 bits per heavy atom. The maximum absolute atomic E-state index is 4.70. The molecule has 0 atom stereocenters. The number of quaternary nitrogens is 1. The smallest absolute Gasteiger partial charge is 0.0385 e. The summed E-state index contributed by atoms with van der Waals surface area (Å²) < 4.78 is 0.425. The molecule has 0 bridgehead atoms. The summed E-state index contributed by atoms with van der Waals surface area (Å²) >= 11 is 9.40. The van der Waals surface area contributed by atoms with Gasteiger partial charge in [0.15, 0.2) is 0 Å². The zero-order valence-electron chi connectivity index (χ0n) is 6.91. The zero-order valence-corrected chi connectivity index (χ0v) is 8.54. The fraction of sp³-hybridized carbons (Fsp3) is 0.125. The second kappa shape index (κ2) is 5.88. The molecule has 1 aromatic rings. The minimum atomic E-state index is 0. The summed E-state index contributed by atoms with van der Waals surface area (Å²) in [6.07, 6.45) is 0. The average Bonchev–Trinajstić information content (AvgIpc) is 2.03. The van der Waals surface area contributed by atoms with E-state index in [9.17, 15) is 0 Å². The van der Waals surface area contributed by atoms with Crippen LogP contribution >= 0.6 is 12.2 Å². The summed E-state index contributed by atoms with van der Waals surface area (Å²) in [5.41, 5.74) is 1.19. The Bertz CT molecular complexity index is 236. The van der Waals surface area contributed by atoms with E-state index in [2.05, 4.69) is 5.32 Å². The normalized spacial score (nSPS) is 8.33. The summed E-state index contributed by atoms with van der Waals surface area (Å²) in [4.78, 5) is 0. The van der Waals surface area contributed by atoms with Crippen LogP contribution in [0, 0.1) is 0 Å². The van der Waals surface area contributed by atoms with Crippen LogP contribution in [0.1, 0.15) is 5.56 Å². The van der Waals surface area contributed by atoms with E-state index in [0.717, 1.165) is 6.54 Å². The van der Waals surface area contributed by atoms with Crippen molar-refractivity contribution in [1.82, 2.24) is 11.5 Å². The van der Waals surface area contributed by atoms with Crippen LogP contribution in [0.4, 0.5) is 0 Å². The molecule has 12 heavy (non-hydrogen) atoms.